The average Bonchev–Trinajstić information content (AvgIpc) is 2.45. The molecule has 112 valence electrons. The first kappa shape index (κ1) is 15.3. The summed E-state index contributed by atoms with van der Waals surface area (Å²) in [4.78, 5) is 26.5. The number of methoxy groups -OCH3 is 1. The van der Waals surface area contributed by atoms with E-state index in [4.69, 9.17) is 4.74 Å². The van der Waals surface area contributed by atoms with E-state index in [0.29, 0.717) is 31.6 Å². The van der Waals surface area contributed by atoms with E-state index in [9.17, 15) is 9.59 Å². The number of benzene rings is 1. The van der Waals surface area contributed by atoms with Crippen LogP contribution in [0, 0.1) is 6.92 Å². The van der Waals surface area contributed by atoms with Gasteiger partial charge in [0.2, 0.25) is 5.91 Å². The summed E-state index contributed by atoms with van der Waals surface area (Å²) in [7, 11) is 1.59. The Hall–Kier alpha value is -2.14. The van der Waals surface area contributed by atoms with Crippen molar-refractivity contribution in [2.24, 2.45) is 0 Å². The highest BCUT2D eigenvalue weighted by Crippen LogP contribution is 2.13. The Labute approximate surface area is 123 Å². The van der Waals surface area contributed by atoms with Crippen LogP contribution in [0.4, 0.5) is 0 Å². The molecule has 0 saturated heterocycles. The molecule has 1 aromatic heterocycles. The first-order valence-electron chi connectivity index (χ1n) is 6.98. The minimum Gasteiger partial charge on any atom is -0.383 e. The molecule has 1 amide bonds. The van der Waals surface area contributed by atoms with Gasteiger partial charge in [0.15, 0.2) is 0 Å². The van der Waals surface area contributed by atoms with Crippen molar-refractivity contribution in [3.05, 3.63) is 45.7 Å². The molecule has 1 heterocycles. The highest BCUT2D eigenvalue weighted by Gasteiger charge is 2.06. The predicted molar refractivity (Wildman–Crippen MR) is 82.5 cm³/mol. The number of carbonyl (C=O) groups excluding carboxylic acids is 1. The van der Waals surface area contributed by atoms with Gasteiger partial charge in [0.1, 0.15) is 0 Å². The number of H-pyrrole nitrogens is 1. The Morgan fingerprint density at radius 2 is 2.14 bits per heavy atom. The summed E-state index contributed by atoms with van der Waals surface area (Å²) in [5.74, 6) is -0.0737. The van der Waals surface area contributed by atoms with Crippen LogP contribution in [-0.4, -0.2) is 31.2 Å². The van der Waals surface area contributed by atoms with E-state index in [-0.39, 0.29) is 11.5 Å². The largest absolute Gasteiger partial charge is 0.383 e. The van der Waals surface area contributed by atoms with Gasteiger partial charge in [-0.25, -0.2) is 0 Å². The van der Waals surface area contributed by atoms with E-state index < -0.39 is 0 Å². The minimum atomic E-state index is -0.127. The van der Waals surface area contributed by atoms with Crippen LogP contribution < -0.4 is 10.9 Å². The fraction of sp³-hybridized carbons (Fsp3) is 0.375. The number of ether oxygens (including phenoxy) is 1. The monoisotopic (exact) mass is 288 g/mol. The number of aryl methyl sites for hydroxylation is 2. The van der Waals surface area contributed by atoms with Crippen LogP contribution >= 0.6 is 0 Å². The van der Waals surface area contributed by atoms with E-state index in [2.05, 4.69) is 10.3 Å². The van der Waals surface area contributed by atoms with Gasteiger partial charge in [0, 0.05) is 31.2 Å². The maximum atomic E-state index is 12.0. The van der Waals surface area contributed by atoms with E-state index >= 15 is 0 Å². The van der Waals surface area contributed by atoms with Crippen LogP contribution in [0.25, 0.3) is 10.9 Å². The smallest absolute Gasteiger partial charge is 0.251 e. The predicted octanol–water partition coefficient (Wildman–Crippen LogP) is 1.53. The Kier molecular flexibility index (Phi) is 5.11. The molecule has 2 N–H and O–H groups in total. The second-order valence-electron chi connectivity index (χ2n) is 5.06. The molecule has 0 saturated carbocycles. The summed E-state index contributed by atoms with van der Waals surface area (Å²) in [6.45, 7) is 2.96. The third kappa shape index (κ3) is 4.16. The molecule has 0 radical (unpaired) electrons. The Bertz CT molecular complexity index is 691. The molecule has 0 aliphatic carbocycles. The van der Waals surface area contributed by atoms with Gasteiger partial charge in [-0.15, -0.1) is 0 Å². The quantitative estimate of drug-likeness (QED) is 0.792. The molecule has 0 aliphatic heterocycles. The van der Waals surface area contributed by atoms with Crippen LogP contribution in [0.15, 0.2) is 29.1 Å². The number of pyridine rings is 1. The first-order valence-corrected chi connectivity index (χ1v) is 6.98. The van der Waals surface area contributed by atoms with Crippen molar-refractivity contribution in [3.63, 3.8) is 0 Å². The van der Waals surface area contributed by atoms with Gasteiger partial charge in [0.05, 0.1) is 6.61 Å². The van der Waals surface area contributed by atoms with Crippen LogP contribution in [0.2, 0.25) is 0 Å². The lowest BCUT2D eigenvalue weighted by molar-refractivity contribution is -0.121. The number of fused-ring (bicyclic) bond motifs is 1. The van der Waals surface area contributed by atoms with Crippen molar-refractivity contribution < 1.29 is 9.53 Å². The third-order valence-corrected chi connectivity index (χ3v) is 3.33. The molecule has 0 unspecified atom stereocenters. The zero-order valence-corrected chi connectivity index (χ0v) is 12.4. The van der Waals surface area contributed by atoms with Crippen molar-refractivity contribution in [2.45, 2.75) is 19.8 Å². The molecule has 0 atom stereocenters. The van der Waals surface area contributed by atoms with Crippen LogP contribution in [0.5, 0.6) is 0 Å². The highest BCUT2D eigenvalue weighted by atomic mass is 16.5. The molecular formula is C16H20N2O3. The maximum absolute atomic E-state index is 12.0. The number of aromatic amines is 1. The molecule has 1 aromatic carbocycles. The number of carbonyl (C=O) groups is 1. The third-order valence-electron chi connectivity index (χ3n) is 3.33. The second-order valence-corrected chi connectivity index (χ2v) is 5.06. The van der Waals surface area contributed by atoms with Crippen molar-refractivity contribution in [3.8, 4) is 0 Å². The van der Waals surface area contributed by atoms with Crippen LogP contribution in [-0.2, 0) is 16.0 Å². The van der Waals surface area contributed by atoms with E-state index in [0.717, 1.165) is 16.5 Å². The SMILES string of the molecule is COCCNC(=O)CCc1cc2ccc(C)cc2[nH]c1=O. The topological polar surface area (TPSA) is 71.2 Å². The first-order chi connectivity index (χ1) is 10.1. The molecule has 5 nitrogen and oxygen atoms in total. The zero-order chi connectivity index (χ0) is 15.2. The van der Waals surface area contributed by atoms with Crippen molar-refractivity contribution in [1.29, 1.82) is 0 Å². The molecule has 2 rings (SSSR count). The summed E-state index contributed by atoms with van der Waals surface area (Å²) >= 11 is 0. The number of hydrogen-bond donors (Lipinski definition) is 2. The Balaban J connectivity index is 2.05. The number of amides is 1. The minimum absolute atomic E-state index is 0.0737. The fourth-order valence-corrected chi connectivity index (χ4v) is 2.17. The second kappa shape index (κ2) is 7.04. The summed E-state index contributed by atoms with van der Waals surface area (Å²) in [5, 5.41) is 3.72. The molecule has 5 heteroatoms. The van der Waals surface area contributed by atoms with E-state index in [1.54, 1.807) is 7.11 Å². The zero-order valence-electron chi connectivity index (χ0n) is 12.4. The molecule has 0 bridgehead atoms. The lowest BCUT2D eigenvalue weighted by Crippen LogP contribution is -2.27. The van der Waals surface area contributed by atoms with Gasteiger partial charge in [-0.05, 0) is 36.4 Å². The standard InChI is InChI=1S/C16H20N2O3/c1-11-3-4-12-10-13(16(20)18-14(12)9-11)5-6-15(19)17-7-8-21-2/h3-4,9-10H,5-8H2,1-2H3,(H,17,19)(H,18,20). The van der Waals surface area contributed by atoms with Crippen LogP contribution in [0.3, 0.4) is 0 Å². The van der Waals surface area contributed by atoms with Gasteiger partial charge >= 0.3 is 0 Å². The van der Waals surface area contributed by atoms with Crippen molar-refractivity contribution >= 4 is 16.8 Å². The Morgan fingerprint density at radius 1 is 1.33 bits per heavy atom. The van der Waals surface area contributed by atoms with Crippen LogP contribution in [0.1, 0.15) is 17.5 Å². The molecule has 0 aliphatic rings. The fourth-order valence-electron chi connectivity index (χ4n) is 2.17. The van der Waals surface area contributed by atoms with E-state index in [1.165, 1.54) is 0 Å². The maximum Gasteiger partial charge on any atom is 0.251 e. The van der Waals surface area contributed by atoms with Crippen molar-refractivity contribution in [2.75, 3.05) is 20.3 Å². The lowest BCUT2D eigenvalue weighted by atomic mass is 10.1. The Morgan fingerprint density at radius 3 is 2.90 bits per heavy atom. The molecular weight excluding hydrogens is 268 g/mol. The van der Waals surface area contributed by atoms with E-state index in [1.807, 2.05) is 31.2 Å². The highest BCUT2D eigenvalue weighted by molar-refractivity contribution is 5.80. The molecule has 2 aromatic rings. The van der Waals surface area contributed by atoms with Gasteiger partial charge in [-0.3, -0.25) is 9.59 Å². The summed E-state index contributed by atoms with van der Waals surface area (Å²) in [5.41, 5.74) is 2.43. The summed E-state index contributed by atoms with van der Waals surface area (Å²) in [6.07, 6.45) is 0.724. The number of aromatic nitrogens is 1. The number of rotatable bonds is 6. The molecule has 0 spiro atoms. The summed E-state index contributed by atoms with van der Waals surface area (Å²) < 4.78 is 4.86. The molecule has 0 fully saturated rings. The van der Waals surface area contributed by atoms with Gasteiger partial charge < -0.3 is 15.0 Å². The van der Waals surface area contributed by atoms with Gasteiger partial charge in [-0.2, -0.15) is 0 Å². The number of nitrogens with one attached hydrogen (secondary N) is 2. The molecule has 21 heavy (non-hydrogen) atoms. The van der Waals surface area contributed by atoms with Gasteiger partial charge in [-0.1, -0.05) is 12.1 Å². The lowest BCUT2D eigenvalue weighted by Gasteiger charge is -2.06. The van der Waals surface area contributed by atoms with Gasteiger partial charge in [0.25, 0.3) is 5.56 Å². The van der Waals surface area contributed by atoms with Crippen molar-refractivity contribution in [1.82, 2.24) is 10.3 Å². The average molecular weight is 288 g/mol. The number of hydrogen-bond acceptors (Lipinski definition) is 3. The normalized spacial score (nSPS) is 10.8. The summed E-state index contributed by atoms with van der Waals surface area (Å²) in [6, 6.07) is 7.78.